The summed E-state index contributed by atoms with van der Waals surface area (Å²) >= 11 is 0. The Kier molecular flexibility index (Phi) is 5.41. The van der Waals surface area contributed by atoms with E-state index in [4.69, 9.17) is 5.73 Å². The largest absolute Gasteiger partial charge is 0.329 e. The molecule has 2 heteroatoms. The molecule has 21 heavy (non-hydrogen) atoms. The molecule has 2 nitrogen and oxygen atoms in total. The van der Waals surface area contributed by atoms with Crippen LogP contribution in [-0.2, 0) is 0 Å². The van der Waals surface area contributed by atoms with Gasteiger partial charge in [0.1, 0.15) is 0 Å². The van der Waals surface area contributed by atoms with Crippen LogP contribution < -0.4 is 5.73 Å². The number of rotatable bonds is 3. The van der Waals surface area contributed by atoms with Gasteiger partial charge < -0.3 is 5.73 Å². The summed E-state index contributed by atoms with van der Waals surface area (Å²) in [5.74, 6) is 1.74. The first-order valence-corrected chi connectivity index (χ1v) is 9.17. The predicted molar refractivity (Wildman–Crippen MR) is 92.3 cm³/mol. The molecule has 0 bridgehead atoms. The third-order valence-corrected chi connectivity index (χ3v) is 6.18. The number of piperidine rings is 1. The fraction of sp³-hybridized carbons (Fsp3) is 1.00. The van der Waals surface area contributed by atoms with Crippen LogP contribution in [0.3, 0.4) is 0 Å². The number of nitrogens with two attached hydrogens (primary N) is 1. The minimum Gasteiger partial charge on any atom is -0.329 e. The van der Waals surface area contributed by atoms with E-state index in [1.165, 1.54) is 51.6 Å². The van der Waals surface area contributed by atoms with E-state index in [0.717, 1.165) is 18.4 Å². The highest BCUT2D eigenvalue weighted by Gasteiger charge is 2.37. The van der Waals surface area contributed by atoms with Gasteiger partial charge >= 0.3 is 0 Å². The summed E-state index contributed by atoms with van der Waals surface area (Å²) in [7, 11) is 0. The fourth-order valence-electron chi connectivity index (χ4n) is 4.76. The lowest BCUT2D eigenvalue weighted by Crippen LogP contribution is -2.52. The highest BCUT2D eigenvalue weighted by atomic mass is 15.2. The smallest absolute Gasteiger partial charge is 0.0246 e. The maximum atomic E-state index is 6.20. The van der Waals surface area contributed by atoms with Crippen molar-refractivity contribution in [3.8, 4) is 0 Å². The summed E-state index contributed by atoms with van der Waals surface area (Å²) in [5, 5.41) is 0. The van der Waals surface area contributed by atoms with E-state index in [2.05, 4.69) is 39.5 Å². The van der Waals surface area contributed by atoms with Crippen LogP contribution in [0.2, 0.25) is 0 Å². The van der Waals surface area contributed by atoms with Gasteiger partial charge in [0.05, 0.1) is 0 Å². The minimum atomic E-state index is 0.480. The van der Waals surface area contributed by atoms with E-state index >= 15 is 0 Å². The Bertz CT molecular complexity index is 321. The van der Waals surface area contributed by atoms with Crippen LogP contribution in [0.25, 0.3) is 0 Å². The van der Waals surface area contributed by atoms with Gasteiger partial charge in [0, 0.05) is 19.1 Å². The molecule has 1 aliphatic carbocycles. The third-order valence-electron chi connectivity index (χ3n) is 6.18. The van der Waals surface area contributed by atoms with Crippen LogP contribution in [-0.4, -0.2) is 30.6 Å². The second-order valence-corrected chi connectivity index (χ2v) is 9.52. The van der Waals surface area contributed by atoms with Gasteiger partial charge in [0.25, 0.3) is 0 Å². The Morgan fingerprint density at radius 3 is 2.24 bits per heavy atom. The van der Waals surface area contributed by atoms with Crippen molar-refractivity contribution in [3.05, 3.63) is 0 Å². The molecule has 0 amide bonds. The molecular weight excluding hydrogens is 256 g/mol. The number of hydrogen-bond acceptors (Lipinski definition) is 2. The zero-order valence-corrected chi connectivity index (χ0v) is 15.1. The molecule has 1 saturated heterocycles. The van der Waals surface area contributed by atoms with Crippen LogP contribution in [0.4, 0.5) is 0 Å². The average Bonchev–Trinajstić information content (AvgIpc) is 2.38. The Labute approximate surface area is 132 Å². The first-order chi connectivity index (χ1) is 9.73. The zero-order valence-electron chi connectivity index (χ0n) is 15.1. The second kappa shape index (κ2) is 6.58. The Morgan fingerprint density at radius 1 is 1.14 bits per heavy atom. The van der Waals surface area contributed by atoms with E-state index in [0.29, 0.717) is 16.9 Å². The van der Waals surface area contributed by atoms with Crippen molar-refractivity contribution in [2.45, 2.75) is 79.2 Å². The van der Waals surface area contributed by atoms with Crippen molar-refractivity contribution in [2.75, 3.05) is 19.6 Å². The highest BCUT2D eigenvalue weighted by Crippen LogP contribution is 2.42. The number of likely N-dealkylation sites (tertiary alicyclic amines) is 1. The molecule has 0 aromatic heterocycles. The molecule has 1 saturated carbocycles. The lowest BCUT2D eigenvalue weighted by atomic mass is 9.68. The van der Waals surface area contributed by atoms with Crippen LogP contribution in [0.1, 0.15) is 73.1 Å². The second-order valence-electron chi connectivity index (χ2n) is 9.52. The predicted octanol–water partition coefficient (Wildman–Crippen LogP) is 4.29. The standard InChI is InChI=1S/C19H38N2/c1-18(2,3)16-9-7-15(8-10-16)17(13-20)21-12-6-11-19(4,5)14-21/h15-17H,6-14,20H2,1-5H3. The van der Waals surface area contributed by atoms with Gasteiger partial charge in [-0.15, -0.1) is 0 Å². The van der Waals surface area contributed by atoms with Crippen molar-refractivity contribution < 1.29 is 0 Å². The topological polar surface area (TPSA) is 29.3 Å². The highest BCUT2D eigenvalue weighted by molar-refractivity contribution is 4.91. The van der Waals surface area contributed by atoms with E-state index in [1.807, 2.05) is 0 Å². The first kappa shape index (κ1) is 17.3. The quantitative estimate of drug-likeness (QED) is 0.841. The van der Waals surface area contributed by atoms with Gasteiger partial charge in [-0.05, 0) is 67.7 Å². The molecule has 0 aromatic rings. The van der Waals surface area contributed by atoms with E-state index in [-0.39, 0.29) is 0 Å². The van der Waals surface area contributed by atoms with Crippen molar-refractivity contribution in [1.82, 2.24) is 4.90 Å². The molecule has 2 rings (SSSR count). The van der Waals surface area contributed by atoms with E-state index in [1.54, 1.807) is 0 Å². The molecule has 0 aromatic carbocycles. The lowest BCUT2D eigenvalue weighted by molar-refractivity contribution is 0.0323. The van der Waals surface area contributed by atoms with Crippen molar-refractivity contribution in [2.24, 2.45) is 28.4 Å². The minimum absolute atomic E-state index is 0.480. The summed E-state index contributed by atoms with van der Waals surface area (Å²) in [6.07, 6.45) is 8.31. The first-order valence-electron chi connectivity index (χ1n) is 9.17. The normalized spacial score (nSPS) is 32.9. The average molecular weight is 295 g/mol. The molecule has 1 aliphatic heterocycles. The molecular formula is C19H38N2. The van der Waals surface area contributed by atoms with Gasteiger partial charge in [-0.1, -0.05) is 34.6 Å². The maximum absolute atomic E-state index is 6.20. The Morgan fingerprint density at radius 2 is 1.76 bits per heavy atom. The van der Waals surface area contributed by atoms with Gasteiger partial charge in [-0.3, -0.25) is 4.90 Å². The Hall–Kier alpha value is -0.0800. The summed E-state index contributed by atoms with van der Waals surface area (Å²) in [4.78, 5) is 2.73. The lowest BCUT2D eigenvalue weighted by Gasteiger charge is -2.47. The maximum Gasteiger partial charge on any atom is 0.0246 e. The summed E-state index contributed by atoms with van der Waals surface area (Å²) in [6.45, 7) is 15.4. The van der Waals surface area contributed by atoms with Crippen LogP contribution in [0.5, 0.6) is 0 Å². The molecule has 1 heterocycles. The van der Waals surface area contributed by atoms with Gasteiger partial charge in [-0.25, -0.2) is 0 Å². The van der Waals surface area contributed by atoms with Crippen LogP contribution in [0.15, 0.2) is 0 Å². The van der Waals surface area contributed by atoms with Gasteiger partial charge in [0.15, 0.2) is 0 Å². The van der Waals surface area contributed by atoms with Crippen LogP contribution >= 0.6 is 0 Å². The van der Waals surface area contributed by atoms with Gasteiger partial charge in [-0.2, -0.15) is 0 Å². The molecule has 124 valence electrons. The fourth-order valence-corrected chi connectivity index (χ4v) is 4.76. The molecule has 0 radical (unpaired) electrons. The zero-order chi connectivity index (χ0) is 15.7. The molecule has 0 spiro atoms. The van der Waals surface area contributed by atoms with E-state index in [9.17, 15) is 0 Å². The van der Waals surface area contributed by atoms with Crippen molar-refractivity contribution in [1.29, 1.82) is 0 Å². The van der Waals surface area contributed by atoms with Gasteiger partial charge in [0.2, 0.25) is 0 Å². The molecule has 2 fully saturated rings. The van der Waals surface area contributed by atoms with Crippen LogP contribution in [0, 0.1) is 22.7 Å². The molecule has 1 unspecified atom stereocenters. The number of nitrogens with zero attached hydrogens (tertiary/aromatic N) is 1. The van der Waals surface area contributed by atoms with E-state index < -0.39 is 0 Å². The Balaban J connectivity index is 1.93. The summed E-state index contributed by atoms with van der Waals surface area (Å²) in [6, 6.07) is 0.630. The van der Waals surface area contributed by atoms with Crippen molar-refractivity contribution in [3.63, 3.8) is 0 Å². The third kappa shape index (κ3) is 4.45. The summed E-state index contributed by atoms with van der Waals surface area (Å²) < 4.78 is 0. The molecule has 2 aliphatic rings. The van der Waals surface area contributed by atoms with Crippen molar-refractivity contribution >= 4 is 0 Å². The molecule has 2 N–H and O–H groups in total. The monoisotopic (exact) mass is 294 g/mol. The molecule has 1 atom stereocenters. The SMILES string of the molecule is CC1(C)CCCN(C(CN)C2CCC(C(C)(C)C)CC2)C1. The number of hydrogen-bond donors (Lipinski definition) is 1. The summed E-state index contributed by atoms with van der Waals surface area (Å²) in [5.41, 5.74) is 7.16.